The molecular formula is C10H9Br2N3O. The van der Waals surface area contributed by atoms with E-state index in [9.17, 15) is 0 Å². The standard InChI is InChI=1S/C10H9Br2N3O/c11-7-5-14-10(15-6-7)13-4-3-8-1-2-9(12)16-8/h1-2,5-6H,3-4H2,(H,13,14,15). The molecule has 16 heavy (non-hydrogen) atoms. The van der Waals surface area contributed by atoms with Crippen molar-refractivity contribution in [3.05, 3.63) is 39.4 Å². The first kappa shape index (κ1) is 11.6. The van der Waals surface area contributed by atoms with Gasteiger partial charge in [-0.05, 0) is 44.0 Å². The zero-order valence-corrected chi connectivity index (χ0v) is 11.5. The second-order valence-electron chi connectivity index (χ2n) is 3.11. The summed E-state index contributed by atoms with van der Waals surface area (Å²) in [6, 6.07) is 3.82. The summed E-state index contributed by atoms with van der Waals surface area (Å²) in [5.41, 5.74) is 0. The zero-order chi connectivity index (χ0) is 11.4. The molecule has 0 aliphatic rings. The SMILES string of the molecule is Brc1cnc(NCCc2ccc(Br)o2)nc1. The van der Waals surface area contributed by atoms with Crippen molar-refractivity contribution in [2.45, 2.75) is 6.42 Å². The Morgan fingerprint density at radius 3 is 2.56 bits per heavy atom. The third kappa shape index (κ3) is 3.31. The third-order valence-corrected chi connectivity index (χ3v) is 2.74. The molecule has 0 amide bonds. The Kier molecular flexibility index (Phi) is 3.95. The number of nitrogens with one attached hydrogen (secondary N) is 1. The summed E-state index contributed by atoms with van der Waals surface area (Å²) in [4.78, 5) is 8.21. The van der Waals surface area contributed by atoms with Crippen molar-refractivity contribution in [2.24, 2.45) is 0 Å². The molecule has 0 saturated carbocycles. The molecule has 1 N–H and O–H groups in total. The molecule has 2 aromatic rings. The maximum atomic E-state index is 5.37. The maximum absolute atomic E-state index is 5.37. The van der Waals surface area contributed by atoms with Crippen LogP contribution in [0.5, 0.6) is 0 Å². The predicted molar refractivity (Wildman–Crippen MR) is 68.3 cm³/mol. The van der Waals surface area contributed by atoms with Gasteiger partial charge in [0.15, 0.2) is 4.67 Å². The predicted octanol–water partition coefficient (Wildman–Crippen LogP) is 3.25. The molecule has 84 valence electrons. The molecule has 0 aromatic carbocycles. The fraction of sp³-hybridized carbons (Fsp3) is 0.200. The van der Waals surface area contributed by atoms with E-state index in [0.717, 1.165) is 27.9 Å². The van der Waals surface area contributed by atoms with Crippen molar-refractivity contribution in [1.29, 1.82) is 0 Å². The Balaban J connectivity index is 1.82. The van der Waals surface area contributed by atoms with Crippen molar-refractivity contribution in [1.82, 2.24) is 9.97 Å². The Hall–Kier alpha value is -0.880. The molecule has 0 bridgehead atoms. The second kappa shape index (κ2) is 5.45. The smallest absolute Gasteiger partial charge is 0.222 e. The van der Waals surface area contributed by atoms with E-state index in [-0.39, 0.29) is 0 Å². The van der Waals surface area contributed by atoms with E-state index in [4.69, 9.17) is 4.42 Å². The van der Waals surface area contributed by atoms with Gasteiger partial charge in [-0.2, -0.15) is 0 Å². The van der Waals surface area contributed by atoms with Crippen LogP contribution in [0.4, 0.5) is 5.95 Å². The molecule has 2 rings (SSSR count). The van der Waals surface area contributed by atoms with Crippen LogP contribution >= 0.6 is 31.9 Å². The molecule has 0 atom stereocenters. The van der Waals surface area contributed by atoms with E-state index in [1.54, 1.807) is 12.4 Å². The van der Waals surface area contributed by atoms with Crippen LogP contribution < -0.4 is 5.32 Å². The Morgan fingerprint density at radius 1 is 1.19 bits per heavy atom. The molecule has 2 heterocycles. The van der Waals surface area contributed by atoms with Crippen LogP contribution in [0, 0.1) is 0 Å². The molecule has 0 spiro atoms. The molecule has 4 nitrogen and oxygen atoms in total. The van der Waals surface area contributed by atoms with Crippen molar-refractivity contribution >= 4 is 37.8 Å². The zero-order valence-electron chi connectivity index (χ0n) is 8.28. The summed E-state index contributed by atoms with van der Waals surface area (Å²) in [7, 11) is 0. The highest BCUT2D eigenvalue weighted by atomic mass is 79.9. The van der Waals surface area contributed by atoms with Crippen LogP contribution in [0.25, 0.3) is 0 Å². The van der Waals surface area contributed by atoms with Gasteiger partial charge in [0.05, 0.1) is 4.47 Å². The Morgan fingerprint density at radius 2 is 1.94 bits per heavy atom. The van der Waals surface area contributed by atoms with E-state index < -0.39 is 0 Å². The lowest BCUT2D eigenvalue weighted by Crippen LogP contribution is -2.07. The van der Waals surface area contributed by atoms with Gasteiger partial charge in [0.1, 0.15) is 5.76 Å². The molecule has 0 aliphatic carbocycles. The van der Waals surface area contributed by atoms with Crippen molar-refractivity contribution in [2.75, 3.05) is 11.9 Å². The minimum Gasteiger partial charge on any atom is -0.454 e. The number of hydrogen-bond donors (Lipinski definition) is 1. The monoisotopic (exact) mass is 345 g/mol. The molecule has 0 unspecified atom stereocenters. The van der Waals surface area contributed by atoms with E-state index in [1.807, 2.05) is 12.1 Å². The quantitative estimate of drug-likeness (QED) is 0.923. The van der Waals surface area contributed by atoms with Crippen LogP contribution in [0.2, 0.25) is 0 Å². The molecule has 6 heteroatoms. The third-order valence-electron chi connectivity index (χ3n) is 1.90. The highest BCUT2D eigenvalue weighted by Gasteiger charge is 2.00. The highest BCUT2D eigenvalue weighted by Crippen LogP contribution is 2.14. The molecular weight excluding hydrogens is 338 g/mol. The lowest BCUT2D eigenvalue weighted by atomic mass is 10.3. The normalized spacial score (nSPS) is 10.4. The van der Waals surface area contributed by atoms with E-state index in [2.05, 4.69) is 47.1 Å². The van der Waals surface area contributed by atoms with Gasteiger partial charge in [-0.3, -0.25) is 0 Å². The van der Waals surface area contributed by atoms with Gasteiger partial charge in [0.25, 0.3) is 0 Å². The van der Waals surface area contributed by atoms with Crippen LogP contribution in [-0.4, -0.2) is 16.5 Å². The Labute approximate surface area is 110 Å². The van der Waals surface area contributed by atoms with Gasteiger partial charge in [0, 0.05) is 25.4 Å². The van der Waals surface area contributed by atoms with Gasteiger partial charge in [-0.25, -0.2) is 9.97 Å². The van der Waals surface area contributed by atoms with Gasteiger partial charge in [-0.1, -0.05) is 0 Å². The minimum absolute atomic E-state index is 0.619. The lowest BCUT2D eigenvalue weighted by molar-refractivity contribution is 0.491. The first-order valence-corrected chi connectivity index (χ1v) is 6.28. The number of nitrogens with zero attached hydrogens (tertiary/aromatic N) is 2. The first-order valence-electron chi connectivity index (χ1n) is 4.69. The molecule has 0 aliphatic heterocycles. The summed E-state index contributed by atoms with van der Waals surface area (Å²) in [6.07, 6.45) is 4.21. The maximum Gasteiger partial charge on any atom is 0.222 e. The number of anilines is 1. The van der Waals surface area contributed by atoms with Gasteiger partial charge in [0.2, 0.25) is 5.95 Å². The van der Waals surface area contributed by atoms with Crippen LogP contribution in [-0.2, 0) is 6.42 Å². The summed E-state index contributed by atoms with van der Waals surface area (Å²) >= 11 is 6.54. The van der Waals surface area contributed by atoms with Crippen molar-refractivity contribution in [3.63, 3.8) is 0 Å². The number of furan rings is 1. The summed E-state index contributed by atoms with van der Waals surface area (Å²) in [5, 5.41) is 3.11. The van der Waals surface area contributed by atoms with E-state index in [1.165, 1.54) is 0 Å². The van der Waals surface area contributed by atoms with Gasteiger partial charge < -0.3 is 9.73 Å². The molecule has 2 aromatic heterocycles. The fourth-order valence-corrected chi connectivity index (χ4v) is 1.73. The number of hydrogen-bond acceptors (Lipinski definition) is 4. The summed E-state index contributed by atoms with van der Waals surface area (Å²) in [5.74, 6) is 1.55. The second-order valence-corrected chi connectivity index (χ2v) is 4.80. The van der Waals surface area contributed by atoms with E-state index in [0.29, 0.717) is 5.95 Å². The Bertz CT molecular complexity index is 455. The number of aromatic nitrogens is 2. The van der Waals surface area contributed by atoms with Gasteiger partial charge in [-0.15, -0.1) is 0 Å². The molecule has 0 saturated heterocycles. The lowest BCUT2D eigenvalue weighted by Gasteiger charge is -2.02. The average molecular weight is 347 g/mol. The van der Waals surface area contributed by atoms with E-state index >= 15 is 0 Å². The first-order chi connectivity index (χ1) is 7.74. The van der Waals surface area contributed by atoms with Crippen molar-refractivity contribution < 1.29 is 4.42 Å². The molecule has 0 fully saturated rings. The molecule has 0 radical (unpaired) electrons. The fourth-order valence-electron chi connectivity index (χ4n) is 1.19. The summed E-state index contributed by atoms with van der Waals surface area (Å²) < 4.78 is 6.99. The largest absolute Gasteiger partial charge is 0.454 e. The van der Waals surface area contributed by atoms with Crippen LogP contribution in [0.1, 0.15) is 5.76 Å². The van der Waals surface area contributed by atoms with Crippen LogP contribution in [0.3, 0.4) is 0 Å². The minimum atomic E-state index is 0.619. The van der Waals surface area contributed by atoms with Crippen molar-refractivity contribution in [3.8, 4) is 0 Å². The number of rotatable bonds is 4. The number of halogens is 2. The summed E-state index contributed by atoms with van der Waals surface area (Å²) in [6.45, 7) is 0.738. The van der Waals surface area contributed by atoms with Gasteiger partial charge >= 0.3 is 0 Å². The average Bonchev–Trinajstić information content (AvgIpc) is 2.67. The van der Waals surface area contributed by atoms with Crippen LogP contribution in [0.15, 0.2) is 38.1 Å². The highest BCUT2D eigenvalue weighted by molar-refractivity contribution is 9.10. The topological polar surface area (TPSA) is 51.0 Å².